The second-order valence-electron chi connectivity index (χ2n) is 7.16. The average molecular weight is 367 g/mol. The first-order valence-electron chi connectivity index (χ1n) is 9.24. The topological polar surface area (TPSA) is 76.6 Å². The Kier molecular flexibility index (Phi) is 5.81. The van der Waals surface area contributed by atoms with Crippen LogP contribution in [0.2, 0.25) is 0 Å². The van der Waals surface area contributed by atoms with Crippen LogP contribution in [0.4, 0.5) is 0 Å². The standard InChI is InChI=1S/C20H26N6O/c1-14-18(15(2)26-20(24-14)22-13-23-26)9-10-19(27)21-11-16-7-5-6-8-17(16)12-25(3)4/h5-8,13H,9-12H2,1-4H3,(H,21,27)/p+1. The Hall–Kier alpha value is -2.80. The molecule has 0 unspecified atom stereocenters. The van der Waals surface area contributed by atoms with Gasteiger partial charge < -0.3 is 10.2 Å². The molecule has 7 nitrogen and oxygen atoms in total. The summed E-state index contributed by atoms with van der Waals surface area (Å²) >= 11 is 0. The summed E-state index contributed by atoms with van der Waals surface area (Å²) in [5.41, 5.74) is 5.39. The number of benzene rings is 1. The Morgan fingerprint density at radius 1 is 1.19 bits per heavy atom. The van der Waals surface area contributed by atoms with Crippen molar-refractivity contribution in [3.63, 3.8) is 0 Å². The van der Waals surface area contributed by atoms with Crippen molar-refractivity contribution in [3.8, 4) is 0 Å². The van der Waals surface area contributed by atoms with Crippen LogP contribution in [0, 0.1) is 13.8 Å². The van der Waals surface area contributed by atoms with Gasteiger partial charge >= 0.3 is 0 Å². The van der Waals surface area contributed by atoms with Gasteiger partial charge in [0, 0.05) is 29.9 Å². The number of hydrogen-bond donors (Lipinski definition) is 2. The number of rotatable bonds is 7. The molecular formula is C20H27N6O+. The fourth-order valence-corrected chi connectivity index (χ4v) is 3.32. The van der Waals surface area contributed by atoms with Crippen molar-refractivity contribution in [3.05, 3.63) is 58.7 Å². The summed E-state index contributed by atoms with van der Waals surface area (Å²) in [4.78, 5) is 22.3. The highest BCUT2D eigenvalue weighted by atomic mass is 16.1. The molecule has 0 bridgehead atoms. The summed E-state index contributed by atoms with van der Waals surface area (Å²) in [7, 11) is 4.25. The molecule has 0 radical (unpaired) electrons. The number of amides is 1. The molecule has 2 heterocycles. The van der Waals surface area contributed by atoms with Gasteiger partial charge in [-0.2, -0.15) is 10.1 Å². The number of nitrogens with zero attached hydrogens (tertiary/aromatic N) is 4. The number of carbonyl (C=O) groups excluding carboxylic acids is 1. The van der Waals surface area contributed by atoms with E-state index in [9.17, 15) is 4.79 Å². The highest BCUT2D eigenvalue weighted by Gasteiger charge is 2.13. The number of hydrogen-bond acceptors (Lipinski definition) is 4. The minimum absolute atomic E-state index is 0.0412. The molecule has 142 valence electrons. The molecule has 1 amide bonds. The lowest BCUT2D eigenvalue weighted by Gasteiger charge is -2.13. The van der Waals surface area contributed by atoms with Crippen LogP contribution < -0.4 is 10.2 Å². The summed E-state index contributed by atoms with van der Waals surface area (Å²) in [6.07, 6.45) is 2.55. The first-order valence-corrected chi connectivity index (χ1v) is 9.24. The van der Waals surface area contributed by atoms with Gasteiger partial charge in [0.1, 0.15) is 12.9 Å². The van der Waals surface area contributed by atoms with E-state index in [1.165, 1.54) is 22.4 Å². The molecule has 0 fully saturated rings. The van der Waals surface area contributed by atoms with Crippen molar-refractivity contribution < 1.29 is 9.69 Å². The zero-order chi connectivity index (χ0) is 19.4. The minimum Gasteiger partial charge on any atom is -0.352 e. The summed E-state index contributed by atoms with van der Waals surface area (Å²) < 4.78 is 1.72. The van der Waals surface area contributed by atoms with E-state index in [1.54, 1.807) is 4.52 Å². The van der Waals surface area contributed by atoms with E-state index in [-0.39, 0.29) is 5.91 Å². The third-order valence-corrected chi connectivity index (χ3v) is 4.73. The van der Waals surface area contributed by atoms with E-state index < -0.39 is 0 Å². The van der Waals surface area contributed by atoms with Crippen LogP contribution in [0.1, 0.15) is 34.5 Å². The van der Waals surface area contributed by atoms with Gasteiger partial charge in [-0.15, -0.1) is 0 Å². The predicted octanol–water partition coefficient (Wildman–Crippen LogP) is 0.635. The Labute approximate surface area is 159 Å². The van der Waals surface area contributed by atoms with Crippen LogP contribution >= 0.6 is 0 Å². The number of nitrogens with one attached hydrogen (secondary N) is 2. The second-order valence-corrected chi connectivity index (χ2v) is 7.16. The number of quaternary nitrogens is 1. The van der Waals surface area contributed by atoms with Crippen molar-refractivity contribution in [1.82, 2.24) is 24.9 Å². The van der Waals surface area contributed by atoms with Gasteiger partial charge in [0.15, 0.2) is 0 Å². The normalized spacial score (nSPS) is 11.3. The van der Waals surface area contributed by atoms with Gasteiger partial charge in [-0.3, -0.25) is 4.79 Å². The molecule has 27 heavy (non-hydrogen) atoms. The molecule has 3 rings (SSSR count). The Morgan fingerprint density at radius 2 is 1.93 bits per heavy atom. The van der Waals surface area contributed by atoms with Gasteiger partial charge in [0.05, 0.1) is 14.1 Å². The van der Waals surface area contributed by atoms with E-state index >= 15 is 0 Å². The lowest BCUT2D eigenvalue weighted by atomic mass is 10.1. The molecule has 0 aliphatic rings. The Bertz CT molecular complexity index is 947. The molecule has 3 aromatic rings. The monoisotopic (exact) mass is 367 g/mol. The lowest BCUT2D eigenvalue weighted by Crippen LogP contribution is -3.04. The molecule has 0 spiro atoms. The number of fused-ring (bicyclic) bond motifs is 1. The van der Waals surface area contributed by atoms with Crippen LogP contribution in [0.25, 0.3) is 5.78 Å². The van der Waals surface area contributed by atoms with E-state index in [2.05, 4.69) is 46.6 Å². The molecule has 1 aromatic carbocycles. The van der Waals surface area contributed by atoms with Crippen LogP contribution in [0.15, 0.2) is 30.6 Å². The average Bonchev–Trinajstić information content (AvgIpc) is 3.09. The third-order valence-electron chi connectivity index (χ3n) is 4.73. The molecule has 0 aliphatic heterocycles. The molecule has 7 heteroatoms. The van der Waals surface area contributed by atoms with Crippen molar-refractivity contribution in [2.24, 2.45) is 0 Å². The van der Waals surface area contributed by atoms with Gasteiger partial charge in [-0.25, -0.2) is 9.50 Å². The third kappa shape index (κ3) is 4.49. The van der Waals surface area contributed by atoms with Crippen LogP contribution in [-0.2, 0) is 24.3 Å². The zero-order valence-electron chi connectivity index (χ0n) is 16.4. The largest absolute Gasteiger partial charge is 0.352 e. The Morgan fingerprint density at radius 3 is 2.67 bits per heavy atom. The highest BCUT2D eigenvalue weighted by molar-refractivity contribution is 5.76. The van der Waals surface area contributed by atoms with Gasteiger partial charge in [-0.05, 0) is 31.4 Å². The first kappa shape index (κ1) is 19.0. The minimum atomic E-state index is 0.0412. The maximum absolute atomic E-state index is 12.4. The molecule has 0 saturated carbocycles. The summed E-state index contributed by atoms with van der Waals surface area (Å²) in [6.45, 7) is 5.44. The smallest absolute Gasteiger partial charge is 0.252 e. The number of aryl methyl sites for hydroxylation is 2. The summed E-state index contributed by atoms with van der Waals surface area (Å²) in [5, 5.41) is 7.25. The predicted molar refractivity (Wildman–Crippen MR) is 103 cm³/mol. The fraction of sp³-hybridized carbons (Fsp3) is 0.400. The molecular weight excluding hydrogens is 340 g/mol. The summed E-state index contributed by atoms with van der Waals surface area (Å²) in [5.74, 6) is 0.636. The van der Waals surface area contributed by atoms with Crippen LogP contribution in [0.3, 0.4) is 0 Å². The molecule has 0 atom stereocenters. The van der Waals surface area contributed by atoms with Gasteiger partial charge in [0.25, 0.3) is 5.78 Å². The molecule has 2 N–H and O–H groups in total. The van der Waals surface area contributed by atoms with Crippen LogP contribution in [-0.4, -0.2) is 39.6 Å². The van der Waals surface area contributed by atoms with Crippen molar-refractivity contribution >= 4 is 11.7 Å². The maximum atomic E-state index is 12.4. The molecule has 0 aliphatic carbocycles. The lowest BCUT2D eigenvalue weighted by molar-refractivity contribution is -0.872. The van der Waals surface area contributed by atoms with Crippen LogP contribution in [0.5, 0.6) is 0 Å². The zero-order valence-corrected chi connectivity index (χ0v) is 16.4. The maximum Gasteiger partial charge on any atom is 0.252 e. The quantitative estimate of drug-likeness (QED) is 0.642. The van der Waals surface area contributed by atoms with Gasteiger partial charge in [0.2, 0.25) is 5.91 Å². The van der Waals surface area contributed by atoms with E-state index in [1.807, 2.05) is 26.0 Å². The van der Waals surface area contributed by atoms with E-state index in [4.69, 9.17) is 0 Å². The van der Waals surface area contributed by atoms with Crippen molar-refractivity contribution in [1.29, 1.82) is 0 Å². The first-order chi connectivity index (χ1) is 13.0. The van der Waals surface area contributed by atoms with Crippen molar-refractivity contribution in [2.75, 3.05) is 14.1 Å². The van der Waals surface area contributed by atoms with E-state index in [0.717, 1.165) is 23.5 Å². The number of carbonyl (C=O) groups is 1. The fourth-order valence-electron chi connectivity index (χ4n) is 3.32. The number of aromatic nitrogens is 4. The van der Waals surface area contributed by atoms with Crippen molar-refractivity contribution in [2.45, 2.75) is 39.8 Å². The highest BCUT2D eigenvalue weighted by Crippen LogP contribution is 2.15. The molecule has 2 aromatic heterocycles. The second kappa shape index (κ2) is 8.26. The SMILES string of the molecule is Cc1nc2ncnn2c(C)c1CCC(=O)NCc1ccccc1C[NH+](C)C. The van der Waals surface area contributed by atoms with E-state index in [0.29, 0.717) is 25.2 Å². The Balaban J connectivity index is 1.61. The summed E-state index contributed by atoms with van der Waals surface area (Å²) in [6, 6.07) is 8.26. The van der Waals surface area contributed by atoms with Gasteiger partial charge in [-0.1, -0.05) is 24.3 Å². The molecule has 0 saturated heterocycles.